The summed E-state index contributed by atoms with van der Waals surface area (Å²) >= 11 is 1.15. The molecule has 0 bridgehead atoms. The molecule has 0 spiro atoms. The van der Waals surface area contributed by atoms with Gasteiger partial charge >= 0.3 is 6.18 Å². The molecular formula is C22H18F3N5OS. The van der Waals surface area contributed by atoms with Crippen molar-refractivity contribution in [1.29, 1.82) is 0 Å². The van der Waals surface area contributed by atoms with Crippen LogP contribution in [0.25, 0.3) is 10.6 Å². The number of nitrogens with one attached hydrogen (secondary N) is 1. The van der Waals surface area contributed by atoms with Crippen molar-refractivity contribution in [1.82, 2.24) is 25.1 Å². The van der Waals surface area contributed by atoms with E-state index in [0.717, 1.165) is 34.6 Å². The third-order valence-corrected chi connectivity index (χ3v) is 5.95. The van der Waals surface area contributed by atoms with E-state index < -0.39 is 11.7 Å². The van der Waals surface area contributed by atoms with Gasteiger partial charge in [-0.2, -0.15) is 18.3 Å². The first-order valence-electron chi connectivity index (χ1n) is 9.63. The highest BCUT2D eigenvalue weighted by atomic mass is 32.1. The molecule has 6 nitrogen and oxygen atoms in total. The van der Waals surface area contributed by atoms with Crippen LogP contribution in [0.15, 0.2) is 61.2 Å². The molecule has 4 aromatic rings. The van der Waals surface area contributed by atoms with E-state index in [1.807, 2.05) is 24.3 Å². The number of hydrogen-bond acceptors (Lipinski definition) is 5. The number of nitrogens with zero attached hydrogens (tertiary/aromatic N) is 4. The number of hydrogen-bond donors (Lipinski definition) is 1. The minimum Gasteiger partial charge on any atom is -0.347 e. The van der Waals surface area contributed by atoms with Gasteiger partial charge in [0.1, 0.15) is 22.5 Å². The molecule has 2 aromatic carbocycles. The molecule has 2 aromatic heterocycles. The summed E-state index contributed by atoms with van der Waals surface area (Å²) in [6.45, 7) is 2.66. The molecule has 10 heteroatoms. The van der Waals surface area contributed by atoms with E-state index in [-0.39, 0.29) is 5.91 Å². The molecule has 32 heavy (non-hydrogen) atoms. The van der Waals surface area contributed by atoms with E-state index in [4.69, 9.17) is 0 Å². The Hall–Kier alpha value is -3.53. The lowest BCUT2D eigenvalue weighted by atomic mass is 10.1. The van der Waals surface area contributed by atoms with Crippen molar-refractivity contribution >= 4 is 17.2 Å². The molecule has 0 saturated heterocycles. The Kier molecular flexibility index (Phi) is 6.04. The van der Waals surface area contributed by atoms with Crippen LogP contribution in [0.2, 0.25) is 0 Å². The summed E-state index contributed by atoms with van der Waals surface area (Å²) in [6, 6.07) is 12.5. The van der Waals surface area contributed by atoms with Crippen LogP contribution in [0.1, 0.15) is 32.1 Å². The van der Waals surface area contributed by atoms with Crippen LogP contribution in [0.4, 0.5) is 13.2 Å². The Morgan fingerprint density at radius 2 is 1.75 bits per heavy atom. The molecule has 0 fully saturated rings. The number of halogens is 3. The van der Waals surface area contributed by atoms with Crippen LogP contribution in [0.3, 0.4) is 0 Å². The number of alkyl halides is 3. The standard InChI is InChI=1S/C22H18F3N5OS/c1-14-19(32-21(29-14)17-6-8-18(9-7-17)22(23,24)25)20(31)27-10-15-2-4-16(5-3-15)11-30-13-26-12-28-30/h2-9,12-13H,10-11H2,1H3,(H,27,31). The number of thiazole rings is 1. The average molecular weight is 457 g/mol. The van der Waals surface area contributed by atoms with Crippen LogP contribution in [-0.2, 0) is 19.3 Å². The van der Waals surface area contributed by atoms with Crippen LogP contribution < -0.4 is 5.32 Å². The van der Waals surface area contributed by atoms with Crippen molar-refractivity contribution < 1.29 is 18.0 Å². The predicted octanol–water partition coefficient (Wildman–Crippen LogP) is 4.71. The first-order chi connectivity index (χ1) is 15.3. The zero-order chi connectivity index (χ0) is 22.7. The average Bonchev–Trinajstić information content (AvgIpc) is 3.42. The van der Waals surface area contributed by atoms with E-state index in [1.165, 1.54) is 18.5 Å². The van der Waals surface area contributed by atoms with Crippen molar-refractivity contribution in [3.63, 3.8) is 0 Å². The van der Waals surface area contributed by atoms with Gasteiger partial charge in [0.15, 0.2) is 0 Å². The van der Waals surface area contributed by atoms with Crippen LogP contribution in [0.5, 0.6) is 0 Å². The smallest absolute Gasteiger partial charge is 0.347 e. The van der Waals surface area contributed by atoms with Crippen molar-refractivity contribution in [2.45, 2.75) is 26.2 Å². The second-order valence-corrected chi connectivity index (χ2v) is 8.10. The number of benzene rings is 2. The van der Waals surface area contributed by atoms with Gasteiger partial charge in [-0.25, -0.2) is 14.6 Å². The fourth-order valence-corrected chi connectivity index (χ4v) is 4.05. The highest BCUT2D eigenvalue weighted by molar-refractivity contribution is 7.17. The number of aryl methyl sites for hydroxylation is 1. The lowest BCUT2D eigenvalue weighted by Gasteiger charge is -2.06. The van der Waals surface area contributed by atoms with Gasteiger partial charge in [-0.1, -0.05) is 36.4 Å². The van der Waals surface area contributed by atoms with E-state index >= 15 is 0 Å². The van der Waals surface area contributed by atoms with Gasteiger partial charge in [-0.3, -0.25) is 4.79 Å². The molecule has 2 heterocycles. The van der Waals surface area contributed by atoms with Crippen molar-refractivity contribution in [3.8, 4) is 10.6 Å². The zero-order valence-electron chi connectivity index (χ0n) is 16.9. The molecule has 0 aliphatic heterocycles. The normalized spacial score (nSPS) is 11.5. The monoisotopic (exact) mass is 457 g/mol. The Labute approximate surface area is 185 Å². The van der Waals surface area contributed by atoms with Gasteiger partial charge in [0, 0.05) is 12.1 Å². The Balaban J connectivity index is 1.39. The first kappa shape index (κ1) is 21.7. The molecule has 1 amide bonds. The van der Waals surface area contributed by atoms with Crippen molar-refractivity contribution in [2.75, 3.05) is 0 Å². The summed E-state index contributed by atoms with van der Waals surface area (Å²) < 4.78 is 40.0. The Bertz CT molecular complexity index is 1200. The molecule has 0 aliphatic rings. The fraction of sp³-hybridized carbons (Fsp3) is 0.182. The Morgan fingerprint density at radius 3 is 2.38 bits per heavy atom. The van der Waals surface area contributed by atoms with Crippen LogP contribution in [0, 0.1) is 6.92 Å². The summed E-state index contributed by atoms with van der Waals surface area (Å²) in [5.74, 6) is -0.273. The second-order valence-electron chi connectivity index (χ2n) is 7.10. The maximum Gasteiger partial charge on any atom is 0.416 e. The third kappa shape index (κ3) is 5.02. The van der Waals surface area contributed by atoms with E-state index in [1.54, 1.807) is 17.9 Å². The SMILES string of the molecule is Cc1nc(-c2ccc(C(F)(F)F)cc2)sc1C(=O)NCc1ccc(Cn2cncn2)cc1. The predicted molar refractivity (Wildman–Crippen MR) is 114 cm³/mol. The van der Waals surface area contributed by atoms with Crippen molar-refractivity contribution in [2.24, 2.45) is 0 Å². The molecule has 0 saturated carbocycles. The van der Waals surface area contributed by atoms with Gasteiger partial charge in [-0.05, 0) is 30.2 Å². The van der Waals surface area contributed by atoms with Gasteiger partial charge in [0.25, 0.3) is 5.91 Å². The minimum atomic E-state index is -4.39. The number of aromatic nitrogens is 4. The highest BCUT2D eigenvalue weighted by Crippen LogP contribution is 2.33. The molecular weight excluding hydrogens is 439 g/mol. The maximum absolute atomic E-state index is 12.8. The minimum absolute atomic E-state index is 0.273. The molecule has 1 N–H and O–H groups in total. The van der Waals surface area contributed by atoms with Gasteiger partial charge in [-0.15, -0.1) is 11.3 Å². The van der Waals surface area contributed by atoms with Gasteiger partial charge < -0.3 is 5.32 Å². The molecule has 4 rings (SSSR count). The largest absolute Gasteiger partial charge is 0.416 e. The van der Waals surface area contributed by atoms with E-state index in [2.05, 4.69) is 20.4 Å². The first-order valence-corrected chi connectivity index (χ1v) is 10.4. The summed E-state index contributed by atoms with van der Waals surface area (Å²) in [4.78, 5) is 21.3. The molecule has 0 atom stereocenters. The van der Waals surface area contributed by atoms with Crippen LogP contribution in [-0.4, -0.2) is 25.7 Å². The lowest BCUT2D eigenvalue weighted by molar-refractivity contribution is -0.137. The topological polar surface area (TPSA) is 72.7 Å². The quantitative estimate of drug-likeness (QED) is 0.455. The number of carbonyl (C=O) groups excluding carboxylic acids is 1. The third-order valence-electron chi connectivity index (χ3n) is 4.75. The Morgan fingerprint density at radius 1 is 1.06 bits per heavy atom. The fourth-order valence-electron chi connectivity index (χ4n) is 3.06. The summed E-state index contributed by atoms with van der Waals surface area (Å²) in [5, 5.41) is 7.44. The summed E-state index contributed by atoms with van der Waals surface area (Å²) in [6.07, 6.45) is -1.27. The second kappa shape index (κ2) is 8.91. The van der Waals surface area contributed by atoms with Crippen molar-refractivity contribution in [3.05, 3.63) is 88.4 Å². The molecule has 164 valence electrons. The summed E-state index contributed by atoms with van der Waals surface area (Å²) in [7, 11) is 0. The van der Waals surface area contributed by atoms with Gasteiger partial charge in [0.2, 0.25) is 0 Å². The number of amides is 1. The highest BCUT2D eigenvalue weighted by Gasteiger charge is 2.30. The van der Waals surface area contributed by atoms with Crippen LogP contribution >= 0.6 is 11.3 Å². The number of rotatable bonds is 6. The molecule has 0 radical (unpaired) electrons. The van der Waals surface area contributed by atoms with E-state index in [0.29, 0.717) is 34.2 Å². The lowest BCUT2D eigenvalue weighted by Crippen LogP contribution is -2.22. The summed E-state index contributed by atoms with van der Waals surface area (Å²) in [5.41, 5.74) is 2.34. The molecule has 0 unspecified atom stereocenters. The molecule has 0 aliphatic carbocycles. The number of carbonyl (C=O) groups is 1. The van der Waals surface area contributed by atoms with Gasteiger partial charge in [0.05, 0.1) is 17.8 Å². The zero-order valence-corrected chi connectivity index (χ0v) is 17.7. The maximum atomic E-state index is 12.8. The van der Waals surface area contributed by atoms with E-state index in [9.17, 15) is 18.0 Å².